The highest BCUT2D eigenvalue weighted by Gasteiger charge is 2.31. The first-order valence-electron chi connectivity index (χ1n) is 5.77. The van der Waals surface area contributed by atoms with Crippen molar-refractivity contribution < 1.29 is 13.9 Å². The van der Waals surface area contributed by atoms with Crippen LogP contribution >= 0.6 is 11.6 Å². The Morgan fingerprint density at radius 3 is 2.71 bits per heavy atom. The molecule has 1 aliphatic rings. The molecule has 0 saturated carbocycles. The molecule has 0 N–H and O–H groups in total. The minimum atomic E-state index is -0.862. The lowest BCUT2D eigenvalue weighted by Gasteiger charge is -2.11. The van der Waals surface area contributed by atoms with E-state index < -0.39 is 6.17 Å². The predicted octanol–water partition coefficient (Wildman–Crippen LogP) is 3.37. The van der Waals surface area contributed by atoms with Crippen molar-refractivity contribution in [2.24, 2.45) is 0 Å². The molecule has 1 saturated heterocycles. The van der Waals surface area contributed by atoms with E-state index in [0.717, 1.165) is 5.56 Å². The summed E-state index contributed by atoms with van der Waals surface area (Å²) >= 11 is 5.78. The molecule has 3 atom stereocenters. The summed E-state index contributed by atoms with van der Waals surface area (Å²) in [5.74, 6) is 0. The fourth-order valence-corrected chi connectivity index (χ4v) is 2.01. The molecule has 0 spiro atoms. The van der Waals surface area contributed by atoms with Gasteiger partial charge in [-0.15, -0.1) is 0 Å². The van der Waals surface area contributed by atoms with Crippen molar-refractivity contribution in [3.8, 4) is 0 Å². The molecule has 2 rings (SSSR count). The summed E-state index contributed by atoms with van der Waals surface area (Å²) in [6, 6.07) is 7.48. The number of halogens is 2. The van der Waals surface area contributed by atoms with E-state index in [0.29, 0.717) is 24.7 Å². The van der Waals surface area contributed by atoms with Crippen molar-refractivity contribution in [3.05, 3.63) is 34.9 Å². The molecule has 0 aromatic heterocycles. The maximum atomic E-state index is 13.2. The number of benzene rings is 1. The second kappa shape index (κ2) is 5.80. The second-order valence-electron chi connectivity index (χ2n) is 4.36. The molecule has 0 aliphatic carbocycles. The van der Waals surface area contributed by atoms with E-state index in [-0.39, 0.29) is 12.2 Å². The van der Waals surface area contributed by atoms with Gasteiger partial charge in [-0.05, 0) is 24.6 Å². The van der Waals surface area contributed by atoms with Crippen molar-refractivity contribution in [3.63, 3.8) is 0 Å². The lowest BCUT2D eigenvalue weighted by Crippen LogP contribution is -2.15. The molecule has 0 radical (unpaired) electrons. The summed E-state index contributed by atoms with van der Waals surface area (Å²) in [4.78, 5) is 0. The first-order chi connectivity index (χ1) is 8.15. The van der Waals surface area contributed by atoms with E-state index in [4.69, 9.17) is 21.1 Å². The molecule has 17 heavy (non-hydrogen) atoms. The second-order valence-corrected chi connectivity index (χ2v) is 4.79. The van der Waals surface area contributed by atoms with Gasteiger partial charge in [-0.2, -0.15) is 0 Å². The summed E-state index contributed by atoms with van der Waals surface area (Å²) in [5, 5.41) is 0.710. The van der Waals surface area contributed by atoms with Crippen molar-refractivity contribution in [1.82, 2.24) is 0 Å². The van der Waals surface area contributed by atoms with Crippen LogP contribution in [0.15, 0.2) is 24.3 Å². The van der Waals surface area contributed by atoms with Gasteiger partial charge >= 0.3 is 0 Å². The van der Waals surface area contributed by atoms with Crippen LogP contribution in [0.4, 0.5) is 4.39 Å². The zero-order chi connectivity index (χ0) is 12.3. The lowest BCUT2D eigenvalue weighted by atomic mass is 10.2. The van der Waals surface area contributed by atoms with E-state index in [1.165, 1.54) is 0 Å². The number of hydrogen-bond acceptors (Lipinski definition) is 2. The quantitative estimate of drug-likeness (QED) is 0.824. The number of rotatable bonds is 4. The van der Waals surface area contributed by atoms with Gasteiger partial charge in [0, 0.05) is 11.4 Å². The monoisotopic (exact) mass is 258 g/mol. The molecule has 1 aromatic carbocycles. The summed E-state index contributed by atoms with van der Waals surface area (Å²) in [5.41, 5.74) is 1.05. The summed E-state index contributed by atoms with van der Waals surface area (Å²) in [6.45, 7) is 2.69. The van der Waals surface area contributed by atoms with Gasteiger partial charge in [-0.3, -0.25) is 0 Å². The Labute approximate surface area is 106 Å². The molecule has 1 aliphatic heterocycles. The zero-order valence-electron chi connectivity index (χ0n) is 9.74. The molecular formula is C13H16ClFO2. The van der Waals surface area contributed by atoms with Crippen LogP contribution in [0.5, 0.6) is 0 Å². The third kappa shape index (κ3) is 3.66. The van der Waals surface area contributed by atoms with Gasteiger partial charge in [0.05, 0.1) is 25.4 Å². The van der Waals surface area contributed by atoms with Crippen LogP contribution in [0.1, 0.15) is 18.9 Å². The van der Waals surface area contributed by atoms with Crippen LogP contribution in [0.25, 0.3) is 0 Å². The largest absolute Gasteiger partial charge is 0.374 e. The molecule has 1 fully saturated rings. The van der Waals surface area contributed by atoms with E-state index in [1.807, 2.05) is 24.3 Å². The van der Waals surface area contributed by atoms with Gasteiger partial charge in [-0.1, -0.05) is 23.7 Å². The summed E-state index contributed by atoms with van der Waals surface area (Å²) < 4.78 is 24.1. The molecule has 1 aromatic rings. The van der Waals surface area contributed by atoms with Crippen LogP contribution in [-0.2, 0) is 16.1 Å². The molecule has 94 valence electrons. The SMILES string of the molecule is CC1OC(COCc2ccc(Cl)cc2)CC1F. The fourth-order valence-electron chi connectivity index (χ4n) is 1.88. The maximum Gasteiger partial charge on any atom is 0.128 e. The smallest absolute Gasteiger partial charge is 0.128 e. The Bertz CT molecular complexity index is 345. The minimum absolute atomic E-state index is 0.118. The fraction of sp³-hybridized carbons (Fsp3) is 0.538. The minimum Gasteiger partial charge on any atom is -0.374 e. The highest BCUT2D eigenvalue weighted by molar-refractivity contribution is 6.30. The molecule has 0 amide bonds. The predicted molar refractivity (Wildman–Crippen MR) is 65.0 cm³/mol. The van der Waals surface area contributed by atoms with Crippen molar-refractivity contribution in [2.45, 2.75) is 38.3 Å². The first-order valence-corrected chi connectivity index (χ1v) is 6.14. The molecule has 3 unspecified atom stereocenters. The maximum absolute atomic E-state index is 13.2. The van der Waals surface area contributed by atoms with E-state index in [9.17, 15) is 4.39 Å². The van der Waals surface area contributed by atoms with E-state index >= 15 is 0 Å². The highest BCUT2D eigenvalue weighted by atomic mass is 35.5. The van der Waals surface area contributed by atoms with Gasteiger partial charge in [0.1, 0.15) is 6.17 Å². The van der Waals surface area contributed by atoms with Crippen molar-refractivity contribution in [1.29, 1.82) is 0 Å². The Balaban J connectivity index is 1.71. The average molecular weight is 259 g/mol. The van der Waals surface area contributed by atoms with Gasteiger partial charge in [0.2, 0.25) is 0 Å². The Hall–Kier alpha value is -0.640. The van der Waals surface area contributed by atoms with E-state index in [1.54, 1.807) is 6.92 Å². The van der Waals surface area contributed by atoms with Crippen molar-refractivity contribution >= 4 is 11.6 Å². The summed E-state index contributed by atoms with van der Waals surface area (Å²) in [6.07, 6.45) is -0.854. The van der Waals surface area contributed by atoms with Gasteiger partial charge in [0.15, 0.2) is 0 Å². The Kier molecular flexibility index (Phi) is 4.37. The average Bonchev–Trinajstić information content (AvgIpc) is 2.61. The van der Waals surface area contributed by atoms with E-state index in [2.05, 4.69) is 0 Å². The van der Waals surface area contributed by atoms with Crippen LogP contribution in [0, 0.1) is 0 Å². The van der Waals surface area contributed by atoms with Gasteiger partial charge < -0.3 is 9.47 Å². The topological polar surface area (TPSA) is 18.5 Å². The van der Waals surface area contributed by atoms with Crippen LogP contribution in [0.2, 0.25) is 5.02 Å². The van der Waals surface area contributed by atoms with Gasteiger partial charge in [0.25, 0.3) is 0 Å². The third-order valence-electron chi connectivity index (χ3n) is 2.89. The lowest BCUT2D eigenvalue weighted by molar-refractivity contribution is -0.0186. The number of ether oxygens (including phenoxy) is 2. The first kappa shape index (κ1) is 12.8. The number of hydrogen-bond donors (Lipinski definition) is 0. The normalized spacial score (nSPS) is 28.5. The third-order valence-corrected chi connectivity index (χ3v) is 3.14. The van der Waals surface area contributed by atoms with Crippen molar-refractivity contribution in [2.75, 3.05) is 6.61 Å². The van der Waals surface area contributed by atoms with Crippen LogP contribution < -0.4 is 0 Å². The van der Waals surface area contributed by atoms with Gasteiger partial charge in [-0.25, -0.2) is 4.39 Å². The highest BCUT2D eigenvalue weighted by Crippen LogP contribution is 2.23. The standard InChI is InChI=1S/C13H16ClFO2/c1-9-13(15)6-12(17-9)8-16-7-10-2-4-11(14)5-3-10/h2-5,9,12-13H,6-8H2,1H3. The summed E-state index contributed by atoms with van der Waals surface area (Å²) in [7, 11) is 0. The zero-order valence-corrected chi connectivity index (χ0v) is 10.5. The molecule has 2 nitrogen and oxygen atoms in total. The molecule has 4 heteroatoms. The van der Waals surface area contributed by atoms with Crippen LogP contribution in [-0.4, -0.2) is 25.0 Å². The number of alkyl halides is 1. The molecule has 1 heterocycles. The molecular weight excluding hydrogens is 243 g/mol. The van der Waals surface area contributed by atoms with Crippen LogP contribution in [0.3, 0.4) is 0 Å². The Morgan fingerprint density at radius 2 is 2.12 bits per heavy atom. The Morgan fingerprint density at radius 1 is 1.41 bits per heavy atom. The molecule has 0 bridgehead atoms.